The molecule has 0 aliphatic carbocycles. The van der Waals surface area contributed by atoms with Crippen LogP contribution in [0.25, 0.3) is 9.75 Å². The first kappa shape index (κ1) is 19.1. The lowest BCUT2D eigenvalue weighted by atomic mass is 10.2. The first-order chi connectivity index (χ1) is 12.9. The molecule has 0 aliphatic rings. The Bertz CT molecular complexity index is 1060. The molecule has 0 atom stereocenters. The van der Waals surface area contributed by atoms with Gasteiger partial charge in [0.25, 0.3) is 0 Å². The van der Waals surface area contributed by atoms with Crippen molar-refractivity contribution in [2.24, 2.45) is 0 Å². The highest BCUT2D eigenvalue weighted by Gasteiger charge is 2.14. The first-order valence-electron chi connectivity index (χ1n) is 9.19. The summed E-state index contributed by atoms with van der Waals surface area (Å²) in [5, 5.41) is 0. The van der Waals surface area contributed by atoms with E-state index in [0.717, 1.165) is 12.8 Å². The number of rotatable bonds is 5. The SMILES string of the molecule is Cc1ccc(Cc2sc(Cc3cc(C)c(-c4cc(C)c(C)s4)s3)cc2C)s1. The molecule has 0 bridgehead atoms. The molecule has 4 heterocycles. The Kier molecular flexibility index (Phi) is 5.43. The van der Waals surface area contributed by atoms with Crippen molar-refractivity contribution in [1.29, 1.82) is 0 Å². The van der Waals surface area contributed by atoms with E-state index in [1.807, 2.05) is 45.3 Å². The fourth-order valence-electron chi connectivity index (χ4n) is 3.33. The molecule has 0 spiro atoms. The highest BCUT2D eigenvalue weighted by atomic mass is 32.1. The summed E-state index contributed by atoms with van der Waals surface area (Å²) in [5.41, 5.74) is 4.27. The molecule has 4 rings (SSSR count). The number of hydrogen-bond acceptors (Lipinski definition) is 4. The maximum atomic E-state index is 2.40. The molecule has 0 saturated carbocycles. The van der Waals surface area contributed by atoms with Crippen molar-refractivity contribution < 1.29 is 0 Å². The number of hydrogen-bond donors (Lipinski definition) is 0. The molecule has 140 valence electrons. The summed E-state index contributed by atoms with van der Waals surface area (Å²) >= 11 is 7.81. The van der Waals surface area contributed by atoms with E-state index in [1.165, 1.54) is 55.7 Å². The summed E-state index contributed by atoms with van der Waals surface area (Å²) < 4.78 is 0. The van der Waals surface area contributed by atoms with Crippen LogP contribution in [0.4, 0.5) is 0 Å². The highest BCUT2D eigenvalue weighted by molar-refractivity contribution is 7.22. The molecule has 0 N–H and O–H groups in total. The molecule has 0 nitrogen and oxygen atoms in total. The van der Waals surface area contributed by atoms with Gasteiger partial charge in [-0.1, -0.05) is 0 Å². The van der Waals surface area contributed by atoms with Crippen LogP contribution in [0.3, 0.4) is 0 Å². The van der Waals surface area contributed by atoms with Crippen LogP contribution < -0.4 is 0 Å². The maximum absolute atomic E-state index is 2.40. The van der Waals surface area contributed by atoms with Gasteiger partial charge in [-0.25, -0.2) is 0 Å². The Labute approximate surface area is 178 Å². The van der Waals surface area contributed by atoms with E-state index in [4.69, 9.17) is 0 Å². The van der Waals surface area contributed by atoms with Crippen molar-refractivity contribution >= 4 is 45.3 Å². The van der Waals surface area contributed by atoms with E-state index in [9.17, 15) is 0 Å². The van der Waals surface area contributed by atoms with Gasteiger partial charge in [-0.2, -0.15) is 0 Å². The van der Waals surface area contributed by atoms with Crippen LogP contribution >= 0.6 is 45.3 Å². The van der Waals surface area contributed by atoms with E-state index in [0.29, 0.717) is 0 Å². The molecular formula is C23H24S4. The molecular weight excluding hydrogens is 405 g/mol. The molecule has 4 heteroatoms. The van der Waals surface area contributed by atoms with Gasteiger partial charge in [-0.15, -0.1) is 45.3 Å². The topological polar surface area (TPSA) is 0 Å². The standard InChI is InChI=1S/C23H24S4/c1-13-10-22(25-17(13)5)23-15(3)9-20(27-23)11-19-8-14(2)21(26-19)12-18-7-6-16(4)24-18/h6-10H,11-12H2,1-5H3. The van der Waals surface area contributed by atoms with Crippen LogP contribution in [0.5, 0.6) is 0 Å². The fraction of sp³-hybridized carbons (Fsp3) is 0.304. The lowest BCUT2D eigenvalue weighted by Crippen LogP contribution is -1.81. The van der Waals surface area contributed by atoms with Crippen molar-refractivity contribution in [3.8, 4) is 9.75 Å². The Hall–Kier alpha value is -1.20. The summed E-state index contributed by atoms with van der Waals surface area (Å²) in [7, 11) is 0. The second-order valence-corrected chi connectivity index (χ2v) is 12.2. The van der Waals surface area contributed by atoms with Gasteiger partial charge in [0.05, 0.1) is 0 Å². The molecule has 0 aliphatic heterocycles. The van der Waals surface area contributed by atoms with Crippen LogP contribution in [-0.4, -0.2) is 0 Å². The minimum atomic E-state index is 1.06. The Morgan fingerprint density at radius 3 is 2.04 bits per heavy atom. The molecule has 4 aromatic heterocycles. The van der Waals surface area contributed by atoms with Gasteiger partial charge < -0.3 is 0 Å². The number of aryl methyl sites for hydroxylation is 5. The second-order valence-electron chi connectivity index (χ2n) is 7.26. The van der Waals surface area contributed by atoms with Gasteiger partial charge in [0.2, 0.25) is 0 Å². The monoisotopic (exact) mass is 428 g/mol. The third-order valence-corrected chi connectivity index (χ3v) is 9.72. The minimum absolute atomic E-state index is 1.06. The zero-order chi connectivity index (χ0) is 19.1. The molecule has 4 aromatic rings. The average molecular weight is 429 g/mol. The summed E-state index contributed by atoms with van der Waals surface area (Å²) in [6, 6.07) is 11.6. The fourth-order valence-corrected chi connectivity index (χ4v) is 8.03. The van der Waals surface area contributed by atoms with Gasteiger partial charge in [0, 0.05) is 51.9 Å². The third kappa shape index (κ3) is 4.14. The van der Waals surface area contributed by atoms with E-state index < -0.39 is 0 Å². The van der Waals surface area contributed by atoms with Crippen molar-refractivity contribution in [2.75, 3.05) is 0 Å². The van der Waals surface area contributed by atoms with Crippen LogP contribution in [0.1, 0.15) is 46.0 Å². The Balaban J connectivity index is 1.54. The molecule has 0 fully saturated rings. The van der Waals surface area contributed by atoms with Crippen molar-refractivity contribution in [3.63, 3.8) is 0 Å². The summed E-state index contributed by atoms with van der Waals surface area (Å²) in [6.45, 7) is 11.1. The summed E-state index contributed by atoms with van der Waals surface area (Å²) in [6.07, 6.45) is 2.14. The molecule has 0 radical (unpaired) electrons. The molecule has 0 aromatic carbocycles. The lowest BCUT2D eigenvalue weighted by molar-refractivity contribution is 1.25. The van der Waals surface area contributed by atoms with Gasteiger partial charge in [0.1, 0.15) is 0 Å². The largest absolute Gasteiger partial charge is 0.145 e. The minimum Gasteiger partial charge on any atom is -0.145 e. The molecule has 27 heavy (non-hydrogen) atoms. The summed E-state index contributed by atoms with van der Waals surface area (Å²) in [4.78, 5) is 11.7. The number of thiophene rings is 4. The summed E-state index contributed by atoms with van der Waals surface area (Å²) in [5.74, 6) is 0. The van der Waals surface area contributed by atoms with Crippen LogP contribution in [0.15, 0.2) is 30.3 Å². The van der Waals surface area contributed by atoms with Gasteiger partial charge in [0.15, 0.2) is 0 Å². The smallest absolute Gasteiger partial charge is 0.0474 e. The van der Waals surface area contributed by atoms with Crippen LogP contribution in [0, 0.1) is 34.6 Å². The zero-order valence-corrected chi connectivity index (χ0v) is 19.7. The maximum Gasteiger partial charge on any atom is 0.0474 e. The Morgan fingerprint density at radius 1 is 0.630 bits per heavy atom. The van der Waals surface area contributed by atoms with Crippen molar-refractivity contribution in [1.82, 2.24) is 0 Å². The molecule has 0 saturated heterocycles. The quantitative estimate of drug-likeness (QED) is 0.300. The van der Waals surface area contributed by atoms with E-state index in [2.05, 4.69) is 65.0 Å². The van der Waals surface area contributed by atoms with E-state index in [-0.39, 0.29) is 0 Å². The van der Waals surface area contributed by atoms with E-state index >= 15 is 0 Å². The van der Waals surface area contributed by atoms with Crippen molar-refractivity contribution in [2.45, 2.75) is 47.5 Å². The predicted octanol–water partition coefficient (Wildman–Crippen LogP) is 8.32. The second kappa shape index (κ2) is 7.67. The van der Waals surface area contributed by atoms with Gasteiger partial charge >= 0.3 is 0 Å². The van der Waals surface area contributed by atoms with Gasteiger partial charge in [-0.3, -0.25) is 0 Å². The van der Waals surface area contributed by atoms with Crippen molar-refractivity contribution in [3.05, 3.63) is 76.3 Å². The Morgan fingerprint density at radius 2 is 1.37 bits per heavy atom. The average Bonchev–Trinajstić information content (AvgIpc) is 3.33. The van der Waals surface area contributed by atoms with Crippen LogP contribution in [-0.2, 0) is 12.8 Å². The molecule has 0 unspecified atom stereocenters. The highest BCUT2D eigenvalue weighted by Crippen LogP contribution is 2.39. The van der Waals surface area contributed by atoms with E-state index in [1.54, 1.807) is 0 Å². The normalized spacial score (nSPS) is 11.4. The third-order valence-electron chi connectivity index (χ3n) is 4.91. The molecule has 0 amide bonds. The van der Waals surface area contributed by atoms with Gasteiger partial charge in [-0.05, 0) is 81.6 Å². The zero-order valence-electron chi connectivity index (χ0n) is 16.4. The predicted molar refractivity (Wildman–Crippen MR) is 126 cm³/mol. The van der Waals surface area contributed by atoms with Crippen LogP contribution in [0.2, 0.25) is 0 Å². The first-order valence-corrected chi connectivity index (χ1v) is 12.5. The lowest BCUT2D eigenvalue weighted by Gasteiger charge is -1.96.